The van der Waals surface area contributed by atoms with Gasteiger partial charge >= 0.3 is 0 Å². The molecule has 3 aromatic heterocycles. The number of rotatable bonds is 7. The monoisotopic (exact) mass is 469 g/mol. The Morgan fingerprint density at radius 3 is 2.62 bits per heavy atom. The van der Waals surface area contributed by atoms with Crippen molar-refractivity contribution in [2.24, 2.45) is 0 Å². The van der Waals surface area contributed by atoms with Crippen LogP contribution in [0.25, 0.3) is 21.3 Å². The number of benzene rings is 2. The van der Waals surface area contributed by atoms with Gasteiger partial charge in [0, 0.05) is 23.9 Å². The summed E-state index contributed by atoms with van der Waals surface area (Å²) in [5.41, 5.74) is 3.80. The third kappa shape index (κ3) is 4.43. The number of thiophene rings is 1. The van der Waals surface area contributed by atoms with Gasteiger partial charge in [0.15, 0.2) is 0 Å². The maximum atomic E-state index is 13.3. The van der Waals surface area contributed by atoms with Gasteiger partial charge in [-0.2, -0.15) is 0 Å². The molecular weight excluding hydrogens is 446 g/mol. The fraction of sp³-hybridized carbons (Fsp3) is 0.148. The fourth-order valence-corrected chi connectivity index (χ4v) is 4.85. The standard InChI is InChI=1S/C27H23N3O3S/c1-18-9-11-19(12-10-18)21-16-34-26-24(21)27(32)30(17-28-26)14-13-23(31)29-25(22-8-5-15-33-22)20-6-3-2-4-7-20/h2-12,15-17,25H,13-14H2,1H3,(H,29,31). The number of amides is 1. The molecule has 1 amide bonds. The van der Waals surface area contributed by atoms with E-state index in [9.17, 15) is 9.59 Å². The van der Waals surface area contributed by atoms with Gasteiger partial charge in [-0.15, -0.1) is 11.3 Å². The molecule has 1 N–H and O–H groups in total. The van der Waals surface area contributed by atoms with Crippen LogP contribution < -0.4 is 10.9 Å². The molecule has 0 aliphatic carbocycles. The SMILES string of the molecule is Cc1ccc(-c2csc3ncn(CCC(=O)NC(c4ccccc4)c4ccco4)c(=O)c23)cc1. The van der Waals surface area contributed by atoms with E-state index in [2.05, 4.69) is 10.3 Å². The first-order valence-electron chi connectivity index (χ1n) is 11.0. The van der Waals surface area contributed by atoms with E-state index in [1.165, 1.54) is 22.2 Å². The molecule has 6 nitrogen and oxygen atoms in total. The van der Waals surface area contributed by atoms with Crippen molar-refractivity contribution in [3.8, 4) is 11.1 Å². The third-order valence-electron chi connectivity index (χ3n) is 5.77. The van der Waals surface area contributed by atoms with Crippen molar-refractivity contribution in [2.45, 2.75) is 25.9 Å². The Morgan fingerprint density at radius 1 is 1.09 bits per heavy atom. The Hall–Kier alpha value is -3.97. The Kier molecular flexibility index (Phi) is 6.10. The van der Waals surface area contributed by atoms with Crippen LogP contribution in [0.2, 0.25) is 0 Å². The van der Waals surface area contributed by atoms with Gasteiger partial charge in [0.05, 0.1) is 18.0 Å². The van der Waals surface area contributed by atoms with Gasteiger partial charge in [0.2, 0.25) is 5.91 Å². The highest BCUT2D eigenvalue weighted by molar-refractivity contribution is 7.17. The van der Waals surface area contributed by atoms with E-state index in [-0.39, 0.29) is 24.4 Å². The first kappa shape index (κ1) is 21.9. The van der Waals surface area contributed by atoms with E-state index in [4.69, 9.17) is 4.42 Å². The maximum absolute atomic E-state index is 13.3. The van der Waals surface area contributed by atoms with Crippen LogP contribution in [-0.2, 0) is 11.3 Å². The number of carbonyl (C=O) groups is 1. The lowest BCUT2D eigenvalue weighted by molar-refractivity contribution is -0.121. The second-order valence-electron chi connectivity index (χ2n) is 8.12. The van der Waals surface area contributed by atoms with E-state index in [0.29, 0.717) is 16.0 Å². The number of nitrogens with zero attached hydrogens (tertiary/aromatic N) is 2. The average Bonchev–Trinajstić information content (AvgIpc) is 3.54. The van der Waals surface area contributed by atoms with Gasteiger partial charge in [-0.25, -0.2) is 4.98 Å². The Labute approximate surface area is 200 Å². The summed E-state index contributed by atoms with van der Waals surface area (Å²) in [4.78, 5) is 31.3. The molecule has 170 valence electrons. The molecule has 0 spiro atoms. The van der Waals surface area contributed by atoms with Gasteiger partial charge in [0.1, 0.15) is 16.6 Å². The van der Waals surface area contributed by atoms with E-state index in [1.807, 2.05) is 73.0 Å². The highest BCUT2D eigenvalue weighted by Crippen LogP contribution is 2.30. The molecule has 7 heteroatoms. The Balaban J connectivity index is 1.36. The van der Waals surface area contributed by atoms with Gasteiger partial charge in [0.25, 0.3) is 5.56 Å². The van der Waals surface area contributed by atoms with Gasteiger partial charge in [-0.05, 0) is 30.2 Å². The minimum atomic E-state index is -0.397. The number of carbonyl (C=O) groups excluding carboxylic acids is 1. The topological polar surface area (TPSA) is 77.1 Å². The lowest BCUT2D eigenvalue weighted by atomic mass is 10.0. The molecule has 3 heterocycles. The summed E-state index contributed by atoms with van der Waals surface area (Å²) in [6, 6.07) is 21.0. The molecule has 34 heavy (non-hydrogen) atoms. The van der Waals surface area contributed by atoms with Crippen LogP contribution in [0.3, 0.4) is 0 Å². The van der Waals surface area contributed by atoms with Crippen LogP contribution >= 0.6 is 11.3 Å². The Morgan fingerprint density at radius 2 is 1.88 bits per heavy atom. The molecule has 0 fully saturated rings. The summed E-state index contributed by atoms with van der Waals surface area (Å²) < 4.78 is 7.07. The molecule has 2 aromatic carbocycles. The van der Waals surface area contributed by atoms with Crippen molar-refractivity contribution in [3.63, 3.8) is 0 Å². The summed E-state index contributed by atoms with van der Waals surface area (Å²) in [5.74, 6) is 0.474. The van der Waals surface area contributed by atoms with Crippen molar-refractivity contribution >= 4 is 27.5 Å². The second kappa shape index (κ2) is 9.49. The molecule has 1 atom stereocenters. The first-order valence-corrected chi connectivity index (χ1v) is 11.9. The number of hydrogen-bond donors (Lipinski definition) is 1. The quantitative estimate of drug-likeness (QED) is 0.350. The van der Waals surface area contributed by atoms with E-state index < -0.39 is 6.04 Å². The summed E-state index contributed by atoms with van der Waals surface area (Å²) in [7, 11) is 0. The molecule has 0 aliphatic heterocycles. The minimum absolute atomic E-state index is 0.139. The summed E-state index contributed by atoms with van der Waals surface area (Å²) >= 11 is 1.45. The van der Waals surface area contributed by atoms with Crippen LogP contribution in [0.15, 0.2) is 93.9 Å². The van der Waals surface area contributed by atoms with Gasteiger partial charge < -0.3 is 9.73 Å². The zero-order chi connectivity index (χ0) is 23.5. The third-order valence-corrected chi connectivity index (χ3v) is 6.66. The normalized spacial score (nSPS) is 12.0. The first-order chi connectivity index (χ1) is 16.6. The fourth-order valence-electron chi connectivity index (χ4n) is 3.95. The van der Waals surface area contributed by atoms with Crippen molar-refractivity contribution in [3.05, 3.63) is 112 Å². The molecule has 0 radical (unpaired) electrons. The predicted molar refractivity (Wildman–Crippen MR) is 134 cm³/mol. The molecule has 0 bridgehead atoms. The van der Waals surface area contributed by atoms with E-state index >= 15 is 0 Å². The highest BCUT2D eigenvalue weighted by atomic mass is 32.1. The molecule has 0 aliphatic rings. The van der Waals surface area contributed by atoms with Crippen molar-refractivity contribution < 1.29 is 9.21 Å². The van der Waals surface area contributed by atoms with Crippen molar-refractivity contribution in [1.29, 1.82) is 0 Å². The van der Waals surface area contributed by atoms with Crippen LogP contribution in [0.1, 0.15) is 29.3 Å². The molecule has 5 aromatic rings. The summed E-state index contributed by atoms with van der Waals surface area (Å²) in [6.45, 7) is 2.26. The number of aromatic nitrogens is 2. The molecule has 5 rings (SSSR count). The van der Waals surface area contributed by atoms with Gasteiger partial charge in [-0.1, -0.05) is 60.2 Å². The number of fused-ring (bicyclic) bond motifs is 1. The van der Waals surface area contributed by atoms with Crippen LogP contribution in [0, 0.1) is 6.92 Å². The van der Waals surface area contributed by atoms with Crippen LogP contribution in [0.4, 0.5) is 0 Å². The highest BCUT2D eigenvalue weighted by Gasteiger charge is 2.20. The zero-order valence-corrected chi connectivity index (χ0v) is 19.4. The minimum Gasteiger partial charge on any atom is -0.467 e. The number of nitrogens with one attached hydrogen (secondary N) is 1. The maximum Gasteiger partial charge on any atom is 0.262 e. The second-order valence-corrected chi connectivity index (χ2v) is 8.97. The molecule has 0 saturated heterocycles. The van der Waals surface area contributed by atoms with Crippen LogP contribution in [-0.4, -0.2) is 15.5 Å². The lowest BCUT2D eigenvalue weighted by Crippen LogP contribution is -2.31. The molecule has 0 saturated carbocycles. The molecular formula is C27H23N3O3S. The molecule has 1 unspecified atom stereocenters. The summed E-state index contributed by atoms with van der Waals surface area (Å²) in [5, 5.41) is 5.59. The Bertz CT molecular complexity index is 1470. The smallest absolute Gasteiger partial charge is 0.262 e. The zero-order valence-electron chi connectivity index (χ0n) is 18.6. The van der Waals surface area contributed by atoms with Crippen LogP contribution in [0.5, 0.6) is 0 Å². The summed E-state index contributed by atoms with van der Waals surface area (Å²) in [6.07, 6.45) is 3.25. The van der Waals surface area contributed by atoms with E-state index in [0.717, 1.165) is 22.3 Å². The van der Waals surface area contributed by atoms with Crippen molar-refractivity contribution in [1.82, 2.24) is 14.9 Å². The average molecular weight is 470 g/mol. The van der Waals surface area contributed by atoms with Crippen molar-refractivity contribution in [2.75, 3.05) is 0 Å². The number of furan rings is 1. The predicted octanol–water partition coefficient (Wildman–Crippen LogP) is 5.32. The number of aryl methyl sites for hydroxylation is 2. The van der Waals surface area contributed by atoms with E-state index in [1.54, 1.807) is 12.3 Å². The number of hydrogen-bond acceptors (Lipinski definition) is 5. The lowest BCUT2D eigenvalue weighted by Gasteiger charge is -2.17. The largest absolute Gasteiger partial charge is 0.467 e. The van der Waals surface area contributed by atoms with Gasteiger partial charge in [-0.3, -0.25) is 14.2 Å².